The van der Waals surface area contributed by atoms with E-state index in [4.69, 9.17) is 18.8 Å². The number of benzene rings is 1. The van der Waals surface area contributed by atoms with Crippen LogP contribution in [0.15, 0.2) is 18.2 Å². The van der Waals surface area contributed by atoms with Gasteiger partial charge in [-0.15, -0.1) is 0 Å². The van der Waals surface area contributed by atoms with Crippen molar-refractivity contribution in [1.29, 1.82) is 0 Å². The van der Waals surface area contributed by atoms with Crippen LogP contribution in [0.5, 0.6) is 11.5 Å². The van der Waals surface area contributed by atoms with Gasteiger partial charge in [-0.05, 0) is 33.8 Å². The first-order valence-corrected chi connectivity index (χ1v) is 7.18. The Morgan fingerprint density at radius 1 is 1.09 bits per heavy atom. The van der Waals surface area contributed by atoms with Crippen LogP contribution in [0.25, 0.3) is 0 Å². The van der Waals surface area contributed by atoms with Gasteiger partial charge < -0.3 is 18.8 Å². The number of rotatable bonds is 4. The van der Waals surface area contributed by atoms with Crippen LogP contribution in [0, 0.1) is 0 Å². The van der Waals surface area contributed by atoms with Gasteiger partial charge in [0.1, 0.15) is 11.5 Å². The van der Waals surface area contributed by atoms with E-state index in [1.807, 2.05) is 27.7 Å². The van der Waals surface area contributed by atoms with E-state index in [9.17, 15) is 13.2 Å². The largest absolute Gasteiger partial charge is 0.498 e. The summed E-state index contributed by atoms with van der Waals surface area (Å²) in [4.78, 5) is 0. The first-order valence-electron chi connectivity index (χ1n) is 7.18. The molecule has 0 saturated carbocycles. The summed E-state index contributed by atoms with van der Waals surface area (Å²) in [5.74, 6) is 0.419. The zero-order valence-corrected chi connectivity index (χ0v) is 13.8. The molecule has 128 valence electrons. The summed E-state index contributed by atoms with van der Waals surface area (Å²) in [5, 5.41) is 0. The Bertz CT molecular complexity index is 556. The Hall–Kier alpha value is -1.41. The molecule has 2 rings (SSSR count). The van der Waals surface area contributed by atoms with Crippen molar-refractivity contribution in [2.24, 2.45) is 0 Å². The topological polar surface area (TPSA) is 36.9 Å². The van der Waals surface area contributed by atoms with Crippen LogP contribution in [-0.2, 0) is 9.31 Å². The van der Waals surface area contributed by atoms with Crippen LogP contribution in [0.4, 0.5) is 13.2 Å². The van der Waals surface area contributed by atoms with Gasteiger partial charge in [0.15, 0.2) is 6.61 Å². The van der Waals surface area contributed by atoms with E-state index in [1.165, 1.54) is 13.2 Å². The Morgan fingerprint density at radius 2 is 1.65 bits per heavy atom. The SMILES string of the molecule is COc1ccc(B2OC(C)(C)C(C)(C)O2)c(OCC(F)(F)F)c1. The van der Waals surface area contributed by atoms with Crippen molar-refractivity contribution < 1.29 is 32.0 Å². The first kappa shape index (κ1) is 17.9. The highest BCUT2D eigenvalue weighted by molar-refractivity contribution is 6.63. The van der Waals surface area contributed by atoms with E-state index in [1.54, 1.807) is 12.1 Å². The Morgan fingerprint density at radius 3 is 2.13 bits per heavy atom. The second kappa shape index (κ2) is 5.90. The fraction of sp³-hybridized carbons (Fsp3) is 0.600. The molecule has 1 aliphatic rings. The molecular formula is C15H20BF3O4. The minimum absolute atomic E-state index is 0.0279. The third-order valence-corrected chi connectivity index (χ3v) is 4.12. The Balaban J connectivity index is 2.31. The van der Waals surface area contributed by atoms with Crippen molar-refractivity contribution in [2.45, 2.75) is 45.1 Å². The summed E-state index contributed by atoms with van der Waals surface area (Å²) in [6.07, 6.45) is -4.43. The van der Waals surface area contributed by atoms with Gasteiger partial charge in [-0.2, -0.15) is 13.2 Å². The third kappa shape index (κ3) is 3.92. The highest BCUT2D eigenvalue weighted by Gasteiger charge is 2.52. The molecule has 0 radical (unpaired) electrons. The molecule has 1 heterocycles. The molecule has 0 N–H and O–H groups in total. The maximum absolute atomic E-state index is 12.5. The maximum atomic E-state index is 12.5. The molecule has 1 fully saturated rings. The molecule has 23 heavy (non-hydrogen) atoms. The average Bonchev–Trinajstić information content (AvgIpc) is 2.64. The predicted octanol–water partition coefficient (Wildman–Crippen LogP) is 2.94. The van der Waals surface area contributed by atoms with E-state index in [0.29, 0.717) is 11.2 Å². The summed E-state index contributed by atoms with van der Waals surface area (Å²) >= 11 is 0. The fourth-order valence-corrected chi connectivity index (χ4v) is 2.09. The number of ether oxygens (including phenoxy) is 2. The van der Waals surface area contributed by atoms with Gasteiger partial charge in [0.05, 0.1) is 18.3 Å². The molecule has 0 unspecified atom stereocenters. The number of halogens is 3. The lowest BCUT2D eigenvalue weighted by Crippen LogP contribution is -2.41. The van der Waals surface area contributed by atoms with Crippen molar-refractivity contribution >= 4 is 12.6 Å². The molecule has 1 saturated heterocycles. The molecule has 0 bridgehead atoms. The van der Waals surface area contributed by atoms with Crippen molar-refractivity contribution in [2.75, 3.05) is 13.7 Å². The molecule has 0 amide bonds. The van der Waals surface area contributed by atoms with Gasteiger partial charge in [0.25, 0.3) is 0 Å². The summed E-state index contributed by atoms with van der Waals surface area (Å²) in [7, 11) is 0.617. The first-order chi connectivity index (χ1) is 10.5. The quantitative estimate of drug-likeness (QED) is 0.795. The highest BCUT2D eigenvalue weighted by Crippen LogP contribution is 2.37. The van der Waals surface area contributed by atoms with Crippen LogP contribution in [0.3, 0.4) is 0 Å². The normalized spacial score (nSPS) is 19.7. The van der Waals surface area contributed by atoms with Gasteiger partial charge in [-0.3, -0.25) is 0 Å². The molecule has 1 aromatic carbocycles. The highest BCUT2D eigenvalue weighted by atomic mass is 19.4. The van der Waals surface area contributed by atoms with E-state index in [2.05, 4.69) is 0 Å². The molecule has 8 heteroatoms. The molecular weight excluding hydrogens is 312 g/mol. The van der Waals surface area contributed by atoms with Gasteiger partial charge in [-0.1, -0.05) is 6.07 Å². The minimum atomic E-state index is -4.43. The average molecular weight is 332 g/mol. The summed E-state index contributed by atoms with van der Waals surface area (Å²) in [5.41, 5.74) is -0.800. The monoisotopic (exact) mass is 332 g/mol. The second-order valence-corrected chi connectivity index (χ2v) is 6.40. The second-order valence-electron chi connectivity index (χ2n) is 6.40. The lowest BCUT2D eigenvalue weighted by molar-refractivity contribution is -0.153. The molecule has 1 aromatic rings. The van der Waals surface area contributed by atoms with Gasteiger partial charge in [0, 0.05) is 11.5 Å². The summed E-state index contributed by atoms with van der Waals surface area (Å²) in [6, 6.07) is 4.61. The standard InChI is InChI=1S/C15H20BF3O4/c1-13(2)14(3,4)23-16(22-13)11-7-6-10(20-5)8-12(11)21-9-15(17,18)19/h6-8H,9H2,1-5H3. The van der Waals surface area contributed by atoms with E-state index in [0.717, 1.165) is 0 Å². The van der Waals surface area contributed by atoms with Crippen molar-refractivity contribution in [3.8, 4) is 11.5 Å². The van der Waals surface area contributed by atoms with Crippen molar-refractivity contribution in [1.82, 2.24) is 0 Å². The molecule has 0 atom stereocenters. The van der Waals surface area contributed by atoms with Crippen molar-refractivity contribution in [3.63, 3.8) is 0 Å². The van der Waals surface area contributed by atoms with Crippen molar-refractivity contribution in [3.05, 3.63) is 18.2 Å². The van der Waals surface area contributed by atoms with E-state index in [-0.39, 0.29) is 5.75 Å². The summed E-state index contributed by atoms with van der Waals surface area (Å²) < 4.78 is 59.1. The predicted molar refractivity (Wildman–Crippen MR) is 80.3 cm³/mol. The fourth-order valence-electron chi connectivity index (χ4n) is 2.09. The van der Waals surface area contributed by atoms with Gasteiger partial charge in [0.2, 0.25) is 0 Å². The van der Waals surface area contributed by atoms with Crippen LogP contribution in [0.2, 0.25) is 0 Å². The van der Waals surface area contributed by atoms with Gasteiger partial charge in [-0.25, -0.2) is 0 Å². The Kier molecular flexibility index (Phi) is 4.61. The minimum Gasteiger partial charge on any atom is -0.497 e. The Labute approximate surface area is 134 Å². The lowest BCUT2D eigenvalue weighted by Gasteiger charge is -2.32. The molecule has 1 aliphatic heterocycles. The van der Waals surface area contributed by atoms with Crippen LogP contribution in [0.1, 0.15) is 27.7 Å². The van der Waals surface area contributed by atoms with E-state index < -0.39 is 31.1 Å². The lowest BCUT2D eigenvalue weighted by atomic mass is 9.78. The number of hydrogen-bond donors (Lipinski definition) is 0. The summed E-state index contributed by atoms with van der Waals surface area (Å²) in [6.45, 7) is 6.08. The number of hydrogen-bond acceptors (Lipinski definition) is 4. The van der Waals surface area contributed by atoms with Crippen LogP contribution < -0.4 is 14.9 Å². The smallest absolute Gasteiger partial charge is 0.497 e. The third-order valence-electron chi connectivity index (χ3n) is 4.12. The molecule has 0 aliphatic carbocycles. The zero-order valence-electron chi connectivity index (χ0n) is 13.8. The number of alkyl halides is 3. The van der Waals surface area contributed by atoms with Crippen LogP contribution in [-0.4, -0.2) is 38.2 Å². The number of methoxy groups -OCH3 is 1. The maximum Gasteiger partial charge on any atom is 0.498 e. The molecule has 4 nitrogen and oxygen atoms in total. The zero-order chi connectivity index (χ0) is 17.5. The van der Waals surface area contributed by atoms with Gasteiger partial charge >= 0.3 is 13.3 Å². The molecule has 0 spiro atoms. The van der Waals surface area contributed by atoms with E-state index >= 15 is 0 Å². The van der Waals surface area contributed by atoms with Crippen LogP contribution >= 0.6 is 0 Å². The molecule has 0 aromatic heterocycles.